The molecule has 2 aromatic rings. The number of anilines is 2. The van der Waals surface area contributed by atoms with Crippen molar-refractivity contribution in [2.24, 2.45) is 0 Å². The highest BCUT2D eigenvalue weighted by atomic mass is 35.5. The first-order valence-electron chi connectivity index (χ1n) is 7.97. The molecule has 7 heteroatoms. The first-order chi connectivity index (χ1) is 11.7. The van der Waals surface area contributed by atoms with Crippen LogP contribution in [0.3, 0.4) is 0 Å². The lowest BCUT2D eigenvalue weighted by atomic mass is 10.1. The third-order valence-corrected chi connectivity index (χ3v) is 4.96. The molecule has 1 saturated heterocycles. The monoisotopic (exact) mass is 362 g/mol. The lowest BCUT2D eigenvalue weighted by Gasteiger charge is -2.27. The van der Waals surface area contributed by atoms with E-state index in [9.17, 15) is 4.79 Å². The minimum atomic E-state index is -0.0794. The van der Waals surface area contributed by atoms with Crippen molar-refractivity contribution in [1.82, 2.24) is 10.2 Å². The van der Waals surface area contributed by atoms with E-state index < -0.39 is 0 Å². The minimum Gasteiger partial charge on any atom is -0.355 e. The molecule has 1 aliphatic heterocycles. The molecule has 1 fully saturated rings. The maximum absolute atomic E-state index is 12.0. The molecular formula is C17H19ClN4OS. The second kappa shape index (κ2) is 8.35. The van der Waals surface area contributed by atoms with E-state index in [2.05, 4.69) is 20.4 Å². The zero-order valence-corrected chi connectivity index (χ0v) is 14.8. The molecule has 5 nitrogen and oxygen atoms in total. The van der Waals surface area contributed by atoms with Gasteiger partial charge < -0.3 is 10.2 Å². The van der Waals surface area contributed by atoms with Crippen LogP contribution in [0.15, 0.2) is 41.4 Å². The van der Waals surface area contributed by atoms with Crippen LogP contribution in [0.5, 0.6) is 0 Å². The van der Waals surface area contributed by atoms with Gasteiger partial charge in [-0.1, -0.05) is 23.4 Å². The van der Waals surface area contributed by atoms with Gasteiger partial charge in [-0.2, -0.15) is 0 Å². The zero-order valence-electron chi connectivity index (χ0n) is 13.2. The van der Waals surface area contributed by atoms with Crippen LogP contribution in [0.1, 0.15) is 19.3 Å². The number of carbonyl (C=O) groups excluding carboxylic acids is 1. The predicted octanol–water partition coefficient (Wildman–Crippen LogP) is 3.85. The maximum atomic E-state index is 12.0. The van der Waals surface area contributed by atoms with Crippen LogP contribution in [-0.2, 0) is 4.79 Å². The van der Waals surface area contributed by atoms with E-state index in [1.807, 2.05) is 12.1 Å². The quantitative estimate of drug-likeness (QED) is 0.818. The first kappa shape index (κ1) is 17.0. The van der Waals surface area contributed by atoms with Crippen LogP contribution in [0.25, 0.3) is 0 Å². The van der Waals surface area contributed by atoms with Crippen molar-refractivity contribution in [2.75, 3.05) is 29.1 Å². The number of nitrogens with zero attached hydrogens (tertiary/aromatic N) is 3. The smallest absolute Gasteiger partial charge is 0.234 e. The number of halogens is 1. The molecule has 1 aromatic heterocycles. The van der Waals surface area contributed by atoms with E-state index in [-0.39, 0.29) is 5.91 Å². The van der Waals surface area contributed by atoms with E-state index in [1.165, 1.54) is 31.0 Å². The summed E-state index contributed by atoms with van der Waals surface area (Å²) in [4.78, 5) is 14.2. The van der Waals surface area contributed by atoms with Gasteiger partial charge >= 0.3 is 0 Å². The van der Waals surface area contributed by atoms with Crippen LogP contribution >= 0.6 is 23.4 Å². The Balaban J connectivity index is 1.49. The number of amides is 1. The molecule has 0 saturated carbocycles. The van der Waals surface area contributed by atoms with Crippen molar-refractivity contribution >= 4 is 40.8 Å². The van der Waals surface area contributed by atoms with Crippen LogP contribution in [0.4, 0.5) is 11.5 Å². The number of hydrogen-bond donors (Lipinski definition) is 1. The standard InChI is InChI=1S/C17H19ClN4OS/c18-13-4-6-14(7-5-13)19-16(23)12-24-17-9-8-15(20-21-17)22-10-2-1-3-11-22/h4-9H,1-3,10-12H2,(H,19,23). The first-order valence-corrected chi connectivity index (χ1v) is 9.34. The molecule has 3 rings (SSSR count). The summed E-state index contributed by atoms with van der Waals surface area (Å²) in [7, 11) is 0. The van der Waals surface area contributed by atoms with Gasteiger partial charge in [-0.05, 0) is 55.7 Å². The van der Waals surface area contributed by atoms with Crippen molar-refractivity contribution in [2.45, 2.75) is 24.3 Å². The van der Waals surface area contributed by atoms with Gasteiger partial charge in [0.15, 0.2) is 5.82 Å². The summed E-state index contributed by atoms with van der Waals surface area (Å²) in [6.07, 6.45) is 3.71. The summed E-state index contributed by atoms with van der Waals surface area (Å²) >= 11 is 7.20. The average molecular weight is 363 g/mol. The summed E-state index contributed by atoms with van der Waals surface area (Å²) in [5.41, 5.74) is 0.733. The molecule has 0 radical (unpaired) electrons. The summed E-state index contributed by atoms with van der Waals surface area (Å²) < 4.78 is 0. The Hall–Kier alpha value is -1.79. The van der Waals surface area contributed by atoms with Crippen LogP contribution < -0.4 is 10.2 Å². The fourth-order valence-corrected chi connectivity index (χ4v) is 3.29. The van der Waals surface area contributed by atoms with Crippen molar-refractivity contribution in [3.63, 3.8) is 0 Å². The molecule has 0 aliphatic carbocycles. The highest BCUT2D eigenvalue weighted by Gasteiger charge is 2.12. The topological polar surface area (TPSA) is 58.1 Å². The van der Waals surface area contributed by atoms with Crippen molar-refractivity contribution in [1.29, 1.82) is 0 Å². The number of nitrogens with one attached hydrogen (secondary N) is 1. The zero-order chi connectivity index (χ0) is 16.8. The molecule has 0 atom stereocenters. The lowest BCUT2D eigenvalue weighted by molar-refractivity contribution is -0.113. The molecule has 1 amide bonds. The second-order valence-corrected chi connectivity index (χ2v) is 7.05. The van der Waals surface area contributed by atoms with E-state index in [0.29, 0.717) is 10.8 Å². The van der Waals surface area contributed by atoms with E-state index in [1.54, 1.807) is 24.3 Å². The van der Waals surface area contributed by atoms with E-state index in [4.69, 9.17) is 11.6 Å². The summed E-state index contributed by atoms with van der Waals surface area (Å²) in [5.74, 6) is 1.13. The van der Waals surface area contributed by atoms with Crippen molar-refractivity contribution in [3.05, 3.63) is 41.4 Å². The van der Waals surface area contributed by atoms with Crippen molar-refractivity contribution < 1.29 is 4.79 Å². The number of carbonyl (C=O) groups is 1. The van der Waals surface area contributed by atoms with E-state index in [0.717, 1.165) is 29.6 Å². The third kappa shape index (κ3) is 4.85. The Morgan fingerprint density at radius 1 is 1.08 bits per heavy atom. The molecular weight excluding hydrogens is 344 g/mol. The number of benzene rings is 1. The molecule has 0 unspecified atom stereocenters. The van der Waals surface area contributed by atoms with Gasteiger partial charge in [-0.25, -0.2) is 0 Å². The van der Waals surface area contributed by atoms with Gasteiger partial charge in [-0.3, -0.25) is 4.79 Å². The number of thioether (sulfide) groups is 1. The molecule has 0 bridgehead atoms. The Labute approximate surface area is 150 Å². The highest BCUT2D eigenvalue weighted by molar-refractivity contribution is 7.99. The van der Waals surface area contributed by atoms with Crippen LogP contribution in [0.2, 0.25) is 5.02 Å². The van der Waals surface area contributed by atoms with Crippen molar-refractivity contribution in [3.8, 4) is 0 Å². The molecule has 1 aromatic carbocycles. The number of hydrogen-bond acceptors (Lipinski definition) is 5. The van der Waals surface area contributed by atoms with Gasteiger partial charge in [0.2, 0.25) is 5.91 Å². The van der Waals surface area contributed by atoms with Crippen LogP contribution in [-0.4, -0.2) is 34.9 Å². The second-order valence-electron chi connectivity index (χ2n) is 5.62. The van der Waals surface area contributed by atoms with Gasteiger partial charge in [-0.15, -0.1) is 10.2 Å². The van der Waals surface area contributed by atoms with Gasteiger partial charge in [0.25, 0.3) is 0 Å². The fourth-order valence-electron chi connectivity index (χ4n) is 2.55. The molecule has 1 aliphatic rings. The van der Waals surface area contributed by atoms with Gasteiger partial charge in [0, 0.05) is 23.8 Å². The molecule has 2 heterocycles. The number of piperidine rings is 1. The summed E-state index contributed by atoms with van der Waals surface area (Å²) in [5, 5.41) is 12.7. The molecule has 126 valence electrons. The Morgan fingerprint density at radius 3 is 2.50 bits per heavy atom. The molecule has 24 heavy (non-hydrogen) atoms. The normalized spacial score (nSPS) is 14.5. The Morgan fingerprint density at radius 2 is 1.83 bits per heavy atom. The third-order valence-electron chi connectivity index (χ3n) is 3.79. The lowest BCUT2D eigenvalue weighted by Crippen LogP contribution is -2.30. The SMILES string of the molecule is O=C(CSc1ccc(N2CCCCC2)nn1)Nc1ccc(Cl)cc1. The molecule has 0 spiro atoms. The maximum Gasteiger partial charge on any atom is 0.234 e. The summed E-state index contributed by atoms with van der Waals surface area (Å²) in [6.45, 7) is 2.09. The van der Waals surface area contributed by atoms with E-state index >= 15 is 0 Å². The van der Waals surface area contributed by atoms with Gasteiger partial charge in [0.05, 0.1) is 5.75 Å². The highest BCUT2D eigenvalue weighted by Crippen LogP contribution is 2.20. The fraction of sp³-hybridized carbons (Fsp3) is 0.353. The number of rotatable bonds is 5. The van der Waals surface area contributed by atoms with Crippen LogP contribution in [0, 0.1) is 0 Å². The predicted molar refractivity (Wildman–Crippen MR) is 98.9 cm³/mol. The summed E-state index contributed by atoms with van der Waals surface area (Å²) in [6, 6.07) is 11.0. The minimum absolute atomic E-state index is 0.0794. The Kier molecular flexibility index (Phi) is 5.93. The Bertz CT molecular complexity index is 672. The average Bonchev–Trinajstić information content (AvgIpc) is 2.63. The van der Waals surface area contributed by atoms with Gasteiger partial charge in [0.1, 0.15) is 5.03 Å². The molecule has 1 N–H and O–H groups in total. The largest absolute Gasteiger partial charge is 0.355 e. The number of aromatic nitrogens is 2.